The van der Waals surface area contributed by atoms with Crippen LogP contribution >= 0.6 is 0 Å². The van der Waals surface area contributed by atoms with Gasteiger partial charge in [0.25, 0.3) is 0 Å². The van der Waals surface area contributed by atoms with Crippen LogP contribution in [0.15, 0.2) is 12.2 Å². The van der Waals surface area contributed by atoms with Crippen molar-refractivity contribution in [2.45, 2.75) is 65.5 Å². The number of aliphatic hydroxyl groups is 1. The summed E-state index contributed by atoms with van der Waals surface area (Å²) in [5, 5.41) is 15.8. The van der Waals surface area contributed by atoms with Crippen molar-refractivity contribution in [1.29, 1.82) is 0 Å². The average molecular weight is 422 g/mol. The third-order valence-electron chi connectivity index (χ3n) is 7.01. The van der Waals surface area contributed by atoms with Crippen LogP contribution in [-0.2, 0) is 14.4 Å². The fraction of sp³-hybridized carbons (Fsp3) is 0.783. The fourth-order valence-electron chi connectivity index (χ4n) is 5.02. The van der Waals surface area contributed by atoms with Crippen molar-refractivity contribution < 1.29 is 19.5 Å². The summed E-state index contributed by atoms with van der Waals surface area (Å²) in [6.07, 6.45) is 7.31. The quantitative estimate of drug-likeness (QED) is 0.369. The van der Waals surface area contributed by atoms with Gasteiger partial charge >= 0.3 is 0 Å². The second kappa shape index (κ2) is 10.9. The lowest BCUT2D eigenvalue weighted by Gasteiger charge is -2.36. The van der Waals surface area contributed by atoms with Gasteiger partial charge in [-0.1, -0.05) is 52.7 Å². The Bertz CT molecular complexity index is 650. The van der Waals surface area contributed by atoms with Crippen LogP contribution in [0.25, 0.3) is 0 Å². The van der Waals surface area contributed by atoms with E-state index in [2.05, 4.69) is 17.6 Å². The van der Waals surface area contributed by atoms with Gasteiger partial charge < -0.3 is 20.6 Å². The number of amides is 3. The third kappa shape index (κ3) is 4.56. The van der Waals surface area contributed by atoms with E-state index < -0.39 is 23.9 Å². The van der Waals surface area contributed by atoms with Gasteiger partial charge in [-0.05, 0) is 24.7 Å². The molecular weight excluding hydrogens is 382 g/mol. The predicted octanol–water partition coefficient (Wildman–Crippen LogP) is 1.71. The lowest BCUT2D eigenvalue weighted by Crippen LogP contribution is -2.54. The molecule has 2 aliphatic rings. The molecule has 0 aromatic carbocycles. The van der Waals surface area contributed by atoms with Crippen LogP contribution < -0.4 is 10.6 Å². The van der Waals surface area contributed by atoms with Crippen molar-refractivity contribution in [3.05, 3.63) is 12.2 Å². The molecule has 0 aromatic heterocycles. The number of rotatable bonds is 10. The largest absolute Gasteiger partial charge is 0.394 e. The Balaban J connectivity index is 2.50. The van der Waals surface area contributed by atoms with Crippen molar-refractivity contribution in [3.63, 3.8) is 0 Å². The predicted molar refractivity (Wildman–Crippen MR) is 116 cm³/mol. The maximum Gasteiger partial charge on any atom is 0.243 e. The van der Waals surface area contributed by atoms with Crippen molar-refractivity contribution >= 4 is 17.7 Å². The van der Waals surface area contributed by atoms with Crippen molar-refractivity contribution in [3.8, 4) is 0 Å². The summed E-state index contributed by atoms with van der Waals surface area (Å²) in [5.41, 5.74) is 0. The highest BCUT2D eigenvalue weighted by molar-refractivity contribution is 5.97. The number of aliphatic hydroxyl groups excluding tert-OH is 1. The van der Waals surface area contributed by atoms with Gasteiger partial charge in [0.15, 0.2) is 0 Å². The van der Waals surface area contributed by atoms with Gasteiger partial charge in [0.1, 0.15) is 6.04 Å². The summed E-state index contributed by atoms with van der Waals surface area (Å²) in [5.74, 6) is -2.01. The van der Waals surface area contributed by atoms with Crippen molar-refractivity contribution in [1.82, 2.24) is 15.5 Å². The van der Waals surface area contributed by atoms with E-state index in [1.54, 1.807) is 11.9 Å². The molecule has 7 heteroatoms. The molecule has 0 radical (unpaired) electrons. The molecule has 1 saturated heterocycles. The van der Waals surface area contributed by atoms with Gasteiger partial charge in [0.2, 0.25) is 17.7 Å². The zero-order valence-electron chi connectivity index (χ0n) is 19.1. The van der Waals surface area contributed by atoms with E-state index in [9.17, 15) is 19.5 Å². The second-order valence-electron chi connectivity index (χ2n) is 8.67. The van der Waals surface area contributed by atoms with Gasteiger partial charge in [0.05, 0.1) is 24.5 Å². The highest BCUT2D eigenvalue weighted by atomic mass is 16.3. The van der Waals surface area contributed by atoms with Crippen LogP contribution in [0.5, 0.6) is 0 Å². The summed E-state index contributed by atoms with van der Waals surface area (Å²) >= 11 is 0. The lowest BCUT2D eigenvalue weighted by molar-refractivity contribution is -0.144. The summed E-state index contributed by atoms with van der Waals surface area (Å²) < 4.78 is 0. The minimum atomic E-state index is -0.702. The van der Waals surface area contributed by atoms with Crippen LogP contribution in [-0.4, -0.2) is 60.0 Å². The molecule has 0 aromatic rings. The lowest BCUT2D eigenvalue weighted by atomic mass is 9.69. The first kappa shape index (κ1) is 24.4. The molecule has 0 unspecified atom stereocenters. The maximum atomic E-state index is 13.7. The first-order valence-electron chi connectivity index (χ1n) is 11.5. The zero-order valence-corrected chi connectivity index (χ0v) is 19.1. The van der Waals surface area contributed by atoms with Gasteiger partial charge in [0, 0.05) is 19.5 Å². The Morgan fingerprint density at radius 3 is 2.43 bits per heavy atom. The number of nitrogens with one attached hydrogen (secondary N) is 2. The third-order valence-corrected chi connectivity index (χ3v) is 7.01. The zero-order chi connectivity index (χ0) is 22.4. The smallest absolute Gasteiger partial charge is 0.243 e. The maximum absolute atomic E-state index is 13.7. The molecule has 1 heterocycles. The van der Waals surface area contributed by atoms with Crippen molar-refractivity contribution in [2.24, 2.45) is 29.6 Å². The van der Waals surface area contributed by atoms with Crippen LogP contribution in [0.2, 0.25) is 0 Å². The normalized spacial score (nSPS) is 30.0. The topological polar surface area (TPSA) is 98.7 Å². The first-order chi connectivity index (χ1) is 14.4. The second-order valence-corrected chi connectivity index (χ2v) is 8.67. The highest BCUT2D eigenvalue weighted by Gasteiger charge is 2.58. The number of fused-ring (bicyclic) bond motifs is 1. The van der Waals surface area contributed by atoms with Crippen LogP contribution in [0, 0.1) is 29.6 Å². The number of unbranched alkanes of at least 4 members (excludes halogenated alkanes) is 1. The molecule has 1 aliphatic carbocycles. The molecule has 0 spiro atoms. The number of allylic oxidation sites excluding steroid dienone is 1. The van der Waals surface area contributed by atoms with Crippen LogP contribution in [0.3, 0.4) is 0 Å². The number of carbonyl (C=O) groups excluding carboxylic acids is 3. The number of nitrogens with zero attached hydrogens (tertiary/aromatic N) is 1. The van der Waals surface area contributed by atoms with Gasteiger partial charge in [-0.25, -0.2) is 0 Å². The molecule has 2 rings (SSSR count). The van der Waals surface area contributed by atoms with Gasteiger partial charge in [-0.15, -0.1) is 0 Å². The van der Waals surface area contributed by atoms with Gasteiger partial charge in [-0.2, -0.15) is 0 Å². The fourth-order valence-corrected chi connectivity index (χ4v) is 5.02. The van der Waals surface area contributed by atoms with Crippen LogP contribution in [0.4, 0.5) is 0 Å². The summed E-state index contributed by atoms with van der Waals surface area (Å²) in [6, 6.07) is -1.15. The number of hydrogen-bond donors (Lipinski definition) is 3. The minimum Gasteiger partial charge on any atom is -0.394 e. The van der Waals surface area contributed by atoms with E-state index in [4.69, 9.17) is 0 Å². The summed E-state index contributed by atoms with van der Waals surface area (Å²) in [7, 11) is 1.59. The summed E-state index contributed by atoms with van der Waals surface area (Å²) in [6.45, 7) is 8.41. The van der Waals surface area contributed by atoms with Crippen LogP contribution in [0.1, 0.15) is 53.4 Å². The average Bonchev–Trinajstić information content (AvgIpc) is 3.05. The molecule has 0 bridgehead atoms. The molecule has 170 valence electrons. The summed E-state index contributed by atoms with van der Waals surface area (Å²) in [4.78, 5) is 41.3. The van der Waals surface area contributed by atoms with E-state index in [1.807, 2.05) is 32.9 Å². The van der Waals surface area contributed by atoms with E-state index >= 15 is 0 Å². The van der Waals surface area contributed by atoms with E-state index in [-0.39, 0.29) is 42.1 Å². The van der Waals surface area contributed by atoms with E-state index in [0.29, 0.717) is 6.54 Å². The van der Waals surface area contributed by atoms with E-state index in [1.165, 1.54) is 0 Å². The number of carbonyl (C=O) groups is 3. The van der Waals surface area contributed by atoms with E-state index in [0.717, 1.165) is 25.7 Å². The molecule has 30 heavy (non-hydrogen) atoms. The highest BCUT2D eigenvalue weighted by Crippen LogP contribution is 2.46. The molecule has 1 aliphatic heterocycles. The van der Waals surface area contributed by atoms with Crippen molar-refractivity contribution in [2.75, 3.05) is 20.2 Å². The Labute approximate surface area is 180 Å². The Hall–Kier alpha value is -1.89. The SMILES string of the molecule is CCCCNC(=O)[C@@H]1[C@H]2C=C[C@@H](CC)[C@@H](C(=O)NC)[C@@H]2C(=O)N1[C@@H](CO)[C@@H](C)CC. The number of likely N-dealkylation sites (tertiary alicyclic amines) is 1. The molecule has 1 fully saturated rings. The molecule has 7 nitrogen and oxygen atoms in total. The van der Waals surface area contributed by atoms with Gasteiger partial charge in [-0.3, -0.25) is 14.4 Å². The molecular formula is C23H39N3O4. The molecule has 0 saturated carbocycles. The Morgan fingerprint density at radius 1 is 1.20 bits per heavy atom. The number of hydrogen-bond acceptors (Lipinski definition) is 4. The Morgan fingerprint density at radius 2 is 1.90 bits per heavy atom. The molecule has 3 amide bonds. The Kier molecular flexibility index (Phi) is 8.89. The molecule has 3 N–H and O–H groups in total. The standard InChI is InChI=1S/C23H39N3O4/c1-6-9-12-25-22(29)20-16-11-10-15(8-3)18(21(28)24-5)19(16)23(30)26(20)17(13-27)14(4)7-2/h10-11,14-20,27H,6-9,12-13H2,1-5H3,(H,24,28)(H,25,29)/t14-,15+,16-,17-,18+,19+,20-/m0/s1. The monoisotopic (exact) mass is 421 g/mol. The first-order valence-corrected chi connectivity index (χ1v) is 11.5. The molecule has 7 atom stereocenters. The minimum absolute atomic E-state index is 0.0365.